The summed E-state index contributed by atoms with van der Waals surface area (Å²) in [5.41, 5.74) is 2.38. The molecule has 3 atom stereocenters. The Hall–Kier alpha value is -1.69. The van der Waals surface area contributed by atoms with Gasteiger partial charge in [0.05, 0.1) is 6.04 Å². The van der Waals surface area contributed by atoms with Crippen LogP contribution in [0.25, 0.3) is 0 Å². The summed E-state index contributed by atoms with van der Waals surface area (Å²) in [6.07, 6.45) is 1.70. The smallest absolute Gasteiger partial charge is 0.200 e. The largest absolute Gasteiger partial charge is 0.280 e. The van der Waals surface area contributed by atoms with Crippen LogP contribution >= 0.6 is 0 Å². The zero-order valence-corrected chi connectivity index (χ0v) is 13.6. The molecule has 120 valence electrons. The second-order valence-electron chi connectivity index (χ2n) is 6.34. The number of nitrogens with one attached hydrogen (secondary N) is 1. The van der Waals surface area contributed by atoms with E-state index in [2.05, 4.69) is 29.0 Å². The number of rotatable bonds is 2. The van der Waals surface area contributed by atoms with Crippen LogP contribution in [-0.4, -0.2) is 25.3 Å². The summed E-state index contributed by atoms with van der Waals surface area (Å²) < 4.78 is 29.3. The monoisotopic (exact) mass is 328 g/mol. The minimum Gasteiger partial charge on any atom is -0.200 e. The third kappa shape index (κ3) is 2.69. The van der Waals surface area contributed by atoms with Crippen LogP contribution in [0.5, 0.6) is 0 Å². The van der Waals surface area contributed by atoms with Gasteiger partial charge in [0, 0.05) is 12.6 Å². The Morgan fingerprint density at radius 3 is 2.13 bits per heavy atom. The molecule has 0 radical (unpaired) electrons. The van der Waals surface area contributed by atoms with Gasteiger partial charge in [-0.2, -0.15) is 12.7 Å². The van der Waals surface area contributed by atoms with Gasteiger partial charge >= 0.3 is 0 Å². The molecule has 2 aliphatic rings. The van der Waals surface area contributed by atoms with Gasteiger partial charge in [0.1, 0.15) is 0 Å². The van der Waals surface area contributed by atoms with E-state index in [0.717, 1.165) is 18.4 Å². The maximum atomic E-state index is 12.4. The molecule has 0 bridgehead atoms. The molecule has 0 saturated carbocycles. The van der Waals surface area contributed by atoms with Crippen molar-refractivity contribution in [3.8, 4) is 0 Å². The van der Waals surface area contributed by atoms with Crippen LogP contribution in [0.2, 0.25) is 0 Å². The average Bonchev–Trinajstić information content (AvgIpc) is 2.91. The van der Waals surface area contributed by atoms with Crippen LogP contribution in [0.4, 0.5) is 0 Å². The summed E-state index contributed by atoms with van der Waals surface area (Å²) in [6, 6.07) is 20.4. The van der Waals surface area contributed by atoms with Crippen LogP contribution in [0.3, 0.4) is 0 Å². The fourth-order valence-corrected chi connectivity index (χ4v) is 5.57. The minimum atomic E-state index is -3.37. The summed E-state index contributed by atoms with van der Waals surface area (Å²) in [5, 5.41) is 0. The summed E-state index contributed by atoms with van der Waals surface area (Å²) in [5.74, 6) is 0.387. The van der Waals surface area contributed by atoms with Crippen LogP contribution in [0.1, 0.15) is 35.9 Å². The van der Waals surface area contributed by atoms with E-state index >= 15 is 0 Å². The molecule has 1 N–H and O–H groups in total. The fraction of sp³-hybridized carbons (Fsp3) is 0.333. The normalized spacial score (nSPS) is 30.0. The van der Waals surface area contributed by atoms with E-state index in [1.54, 1.807) is 4.31 Å². The molecule has 3 unspecified atom stereocenters. The molecule has 0 spiro atoms. The van der Waals surface area contributed by atoms with Crippen molar-refractivity contribution >= 4 is 10.2 Å². The second kappa shape index (κ2) is 5.74. The molecule has 2 heterocycles. The lowest BCUT2D eigenvalue weighted by Crippen LogP contribution is -2.43. The van der Waals surface area contributed by atoms with Crippen molar-refractivity contribution in [1.29, 1.82) is 0 Å². The highest BCUT2D eigenvalue weighted by molar-refractivity contribution is 7.87. The predicted octanol–water partition coefficient (Wildman–Crippen LogP) is 2.82. The first-order chi connectivity index (χ1) is 11.1. The molecular weight excluding hydrogens is 308 g/mol. The minimum absolute atomic E-state index is 0.0316. The first kappa shape index (κ1) is 14.9. The third-order valence-electron chi connectivity index (χ3n) is 4.97. The van der Waals surface area contributed by atoms with Gasteiger partial charge in [-0.3, -0.25) is 0 Å². The molecular formula is C18H20N2O2S. The van der Waals surface area contributed by atoms with Crippen molar-refractivity contribution in [1.82, 2.24) is 9.03 Å². The zero-order valence-electron chi connectivity index (χ0n) is 12.8. The standard InChI is InChI=1S/C18H20N2O2S/c21-23(22)19-13-17-11-16(14-7-3-1-4-8-14)12-18(20(17)23)15-9-5-2-6-10-15/h1-10,16-19H,11-13H2. The Balaban J connectivity index is 1.73. The van der Waals surface area contributed by atoms with Gasteiger partial charge in [-0.05, 0) is 29.9 Å². The van der Waals surface area contributed by atoms with E-state index in [1.807, 2.05) is 36.4 Å². The first-order valence-electron chi connectivity index (χ1n) is 8.03. The molecule has 4 nitrogen and oxygen atoms in total. The molecule has 2 aromatic carbocycles. The summed E-state index contributed by atoms with van der Waals surface area (Å²) in [7, 11) is -3.37. The highest BCUT2D eigenvalue weighted by Crippen LogP contribution is 2.44. The molecule has 5 heteroatoms. The fourth-order valence-electron chi connectivity index (χ4n) is 3.93. The van der Waals surface area contributed by atoms with Gasteiger partial charge < -0.3 is 0 Å². The number of hydrogen-bond donors (Lipinski definition) is 1. The highest BCUT2D eigenvalue weighted by atomic mass is 32.2. The van der Waals surface area contributed by atoms with Crippen molar-refractivity contribution in [2.24, 2.45) is 0 Å². The van der Waals surface area contributed by atoms with Gasteiger partial charge in [0.15, 0.2) is 0 Å². The molecule has 0 amide bonds. The predicted molar refractivity (Wildman–Crippen MR) is 90.1 cm³/mol. The zero-order chi connectivity index (χ0) is 15.9. The second-order valence-corrected chi connectivity index (χ2v) is 8.00. The highest BCUT2D eigenvalue weighted by Gasteiger charge is 2.47. The lowest BCUT2D eigenvalue weighted by atomic mass is 9.81. The van der Waals surface area contributed by atoms with E-state index in [0.29, 0.717) is 12.5 Å². The van der Waals surface area contributed by atoms with E-state index in [-0.39, 0.29) is 12.1 Å². The molecule has 4 rings (SSSR count). The topological polar surface area (TPSA) is 49.4 Å². The van der Waals surface area contributed by atoms with Crippen molar-refractivity contribution in [3.05, 3.63) is 71.8 Å². The quantitative estimate of drug-likeness (QED) is 0.921. The van der Waals surface area contributed by atoms with Crippen LogP contribution in [-0.2, 0) is 10.2 Å². The SMILES string of the molecule is O=S1(=O)NCC2CC(c3ccccc3)CC(c3ccccc3)N21. The maximum absolute atomic E-state index is 12.4. The molecule has 2 fully saturated rings. The van der Waals surface area contributed by atoms with Crippen molar-refractivity contribution in [2.75, 3.05) is 6.54 Å². The number of nitrogens with zero attached hydrogens (tertiary/aromatic N) is 1. The van der Waals surface area contributed by atoms with Crippen molar-refractivity contribution in [2.45, 2.75) is 30.8 Å². The average molecular weight is 328 g/mol. The number of piperidine rings is 1. The van der Waals surface area contributed by atoms with E-state index in [1.165, 1.54) is 5.56 Å². The summed E-state index contributed by atoms with van der Waals surface area (Å²) in [6.45, 7) is 0.509. The summed E-state index contributed by atoms with van der Waals surface area (Å²) in [4.78, 5) is 0. The number of fused-ring (bicyclic) bond motifs is 1. The van der Waals surface area contributed by atoms with Crippen LogP contribution < -0.4 is 4.72 Å². The third-order valence-corrected chi connectivity index (χ3v) is 6.60. The molecule has 0 aliphatic carbocycles. The Morgan fingerprint density at radius 1 is 0.870 bits per heavy atom. The van der Waals surface area contributed by atoms with Gasteiger partial charge in [-0.1, -0.05) is 60.7 Å². The van der Waals surface area contributed by atoms with E-state index in [9.17, 15) is 8.42 Å². The Labute approximate surface area is 137 Å². The van der Waals surface area contributed by atoms with Crippen molar-refractivity contribution < 1.29 is 8.42 Å². The molecule has 2 aromatic rings. The van der Waals surface area contributed by atoms with E-state index in [4.69, 9.17) is 0 Å². The number of benzene rings is 2. The Kier molecular flexibility index (Phi) is 3.71. The molecule has 0 aromatic heterocycles. The lowest BCUT2D eigenvalue weighted by Gasteiger charge is -2.40. The van der Waals surface area contributed by atoms with Crippen LogP contribution in [0.15, 0.2) is 60.7 Å². The van der Waals surface area contributed by atoms with Gasteiger partial charge in [-0.25, -0.2) is 4.72 Å². The Bertz CT molecular complexity index is 777. The molecule has 2 saturated heterocycles. The summed E-state index contributed by atoms with van der Waals surface area (Å²) >= 11 is 0. The maximum Gasteiger partial charge on any atom is 0.280 e. The number of hydrogen-bond acceptors (Lipinski definition) is 2. The lowest BCUT2D eigenvalue weighted by molar-refractivity contribution is 0.183. The molecule has 2 aliphatic heterocycles. The Morgan fingerprint density at radius 2 is 1.48 bits per heavy atom. The molecule has 23 heavy (non-hydrogen) atoms. The van der Waals surface area contributed by atoms with Crippen LogP contribution in [0, 0.1) is 0 Å². The van der Waals surface area contributed by atoms with Gasteiger partial charge in [0.25, 0.3) is 10.2 Å². The van der Waals surface area contributed by atoms with E-state index < -0.39 is 10.2 Å². The van der Waals surface area contributed by atoms with Gasteiger partial charge in [0.2, 0.25) is 0 Å². The van der Waals surface area contributed by atoms with Crippen molar-refractivity contribution in [3.63, 3.8) is 0 Å². The first-order valence-corrected chi connectivity index (χ1v) is 9.47. The van der Waals surface area contributed by atoms with Gasteiger partial charge in [-0.15, -0.1) is 0 Å².